The number of halogens is 2. The second-order valence-corrected chi connectivity index (χ2v) is 9.37. The van der Waals surface area contributed by atoms with E-state index >= 15 is 0 Å². The van der Waals surface area contributed by atoms with Gasteiger partial charge >= 0.3 is 0 Å². The first-order chi connectivity index (χ1) is 16.4. The topological polar surface area (TPSA) is 96.8 Å². The van der Waals surface area contributed by atoms with Gasteiger partial charge in [0.05, 0.1) is 39.6 Å². The Morgan fingerprint density at radius 3 is 2.91 bits per heavy atom. The van der Waals surface area contributed by atoms with E-state index in [4.69, 9.17) is 23.2 Å². The minimum atomic E-state index is -0.217. The van der Waals surface area contributed by atoms with E-state index in [-0.39, 0.29) is 11.9 Å². The van der Waals surface area contributed by atoms with E-state index in [0.29, 0.717) is 46.8 Å². The predicted octanol–water partition coefficient (Wildman–Crippen LogP) is 5.01. The summed E-state index contributed by atoms with van der Waals surface area (Å²) in [7, 11) is 1.92. The van der Waals surface area contributed by atoms with Crippen molar-refractivity contribution in [1.29, 1.82) is 0 Å². The highest BCUT2D eigenvalue weighted by Crippen LogP contribution is 2.33. The number of carbonyl (C=O) groups is 1. The summed E-state index contributed by atoms with van der Waals surface area (Å²) in [6.07, 6.45) is 2.48. The fourth-order valence-corrected chi connectivity index (χ4v) is 4.80. The summed E-state index contributed by atoms with van der Waals surface area (Å²) in [4.78, 5) is 29.4. The number of aliphatic hydroxyl groups is 1. The molecule has 1 saturated heterocycles. The van der Waals surface area contributed by atoms with Crippen LogP contribution in [0, 0.1) is 0 Å². The molecule has 2 aliphatic heterocycles. The summed E-state index contributed by atoms with van der Waals surface area (Å²) >= 11 is 12.7. The monoisotopic (exact) mass is 498 g/mol. The van der Waals surface area contributed by atoms with Gasteiger partial charge in [0.25, 0.3) is 5.91 Å². The van der Waals surface area contributed by atoms with Gasteiger partial charge in [0, 0.05) is 29.9 Å². The molecule has 1 aromatic heterocycles. The molecule has 10 heteroatoms. The zero-order valence-electron chi connectivity index (χ0n) is 18.8. The van der Waals surface area contributed by atoms with Crippen LogP contribution in [0.3, 0.4) is 0 Å². The van der Waals surface area contributed by atoms with Crippen LogP contribution in [0.15, 0.2) is 47.3 Å². The van der Waals surface area contributed by atoms with E-state index in [1.807, 2.05) is 37.1 Å². The fraction of sp³-hybridized carbons (Fsp3) is 0.292. The van der Waals surface area contributed by atoms with Crippen molar-refractivity contribution in [2.75, 3.05) is 25.2 Å². The van der Waals surface area contributed by atoms with Crippen LogP contribution in [0.4, 0.5) is 5.69 Å². The molecule has 8 nitrogen and oxygen atoms in total. The highest BCUT2D eigenvalue weighted by molar-refractivity contribution is 6.34. The molecule has 3 N–H and O–H groups in total. The minimum Gasteiger partial charge on any atom is -0.514 e. The number of hydrogen-bond donors (Lipinski definition) is 3. The zero-order chi connectivity index (χ0) is 24.0. The average Bonchev–Trinajstić information content (AvgIpc) is 3.47. The molecular weight excluding hydrogens is 475 g/mol. The molecule has 2 aliphatic rings. The van der Waals surface area contributed by atoms with E-state index < -0.39 is 0 Å². The SMILES string of the molecule is CC(NC1=NCN(C)c2cc(C(=O)N3CCC/C3=C\O)c(Cl)cc21)c1nc2ccc(Cl)cc2[nH]1. The molecule has 1 fully saturated rings. The number of rotatable bonds is 3. The first kappa shape index (κ1) is 22.6. The molecule has 0 bridgehead atoms. The molecule has 3 aromatic rings. The van der Waals surface area contributed by atoms with E-state index in [1.165, 1.54) is 0 Å². The third kappa shape index (κ3) is 3.97. The van der Waals surface area contributed by atoms with Gasteiger partial charge in [-0.3, -0.25) is 4.79 Å². The number of anilines is 1. The third-order valence-corrected chi connectivity index (χ3v) is 6.75. The Balaban J connectivity index is 1.44. The lowest BCUT2D eigenvalue weighted by Gasteiger charge is -2.29. The number of nitrogens with one attached hydrogen (secondary N) is 2. The number of fused-ring (bicyclic) bond motifs is 2. The normalized spacial score (nSPS) is 17.8. The molecule has 0 spiro atoms. The molecule has 0 saturated carbocycles. The van der Waals surface area contributed by atoms with Crippen molar-refractivity contribution in [1.82, 2.24) is 20.2 Å². The van der Waals surface area contributed by atoms with Crippen LogP contribution in [-0.4, -0.2) is 52.0 Å². The Labute approximate surface area is 206 Å². The lowest BCUT2D eigenvalue weighted by molar-refractivity contribution is 0.0822. The fourth-order valence-electron chi connectivity index (χ4n) is 4.38. The first-order valence-electron chi connectivity index (χ1n) is 11.0. The Hall–Kier alpha value is -3.23. The standard InChI is InChI=1S/C24H24Cl2N6O2/c1-13(22-29-19-6-5-14(25)8-20(19)30-22)28-23-17-9-18(26)16(10-21(17)31(2)12-27-23)24(34)32-7-3-4-15(32)11-33/h5-6,8-11,13,33H,3-4,7,12H2,1-2H3,(H,27,28)(H,29,30)/b15-11+. The zero-order valence-corrected chi connectivity index (χ0v) is 20.3. The van der Waals surface area contributed by atoms with Crippen molar-refractivity contribution in [2.24, 2.45) is 4.99 Å². The first-order valence-corrected chi connectivity index (χ1v) is 11.8. The van der Waals surface area contributed by atoms with Gasteiger partial charge in [-0.05, 0) is 50.1 Å². The average molecular weight is 499 g/mol. The number of hydrogen-bond acceptors (Lipinski definition) is 6. The lowest BCUT2D eigenvalue weighted by atomic mass is 10.0. The van der Waals surface area contributed by atoms with Gasteiger partial charge in [0.1, 0.15) is 18.3 Å². The number of aliphatic hydroxyl groups excluding tert-OH is 1. The smallest absolute Gasteiger partial charge is 0.259 e. The number of allylic oxidation sites excluding steroid dienone is 1. The molecule has 0 aliphatic carbocycles. The molecule has 1 atom stereocenters. The van der Waals surface area contributed by atoms with Crippen LogP contribution in [-0.2, 0) is 0 Å². The number of carbonyl (C=O) groups excluding carboxylic acids is 1. The predicted molar refractivity (Wildman–Crippen MR) is 135 cm³/mol. The lowest BCUT2D eigenvalue weighted by Crippen LogP contribution is -2.36. The number of benzene rings is 2. The number of amides is 1. The summed E-state index contributed by atoms with van der Waals surface area (Å²) in [5.74, 6) is 1.22. The van der Waals surface area contributed by atoms with Gasteiger partial charge in [-0.2, -0.15) is 0 Å². The number of nitrogens with zero attached hydrogens (tertiary/aromatic N) is 4. The Bertz CT molecular complexity index is 1350. The Morgan fingerprint density at radius 1 is 1.29 bits per heavy atom. The van der Waals surface area contributed by atoms with Gasteiger partial charge < -0.3 is 25.2 Å². The molecule has 34 heavy (non-hydrogen) atoms. The van der Waals surface area contributed by atoms with Crippen LogP contribution < -0.4 is 10.2 Å². The maximum Gasteiger partial charge on any atom is 0.259 e. The van der Waals surface area contributed by atoms with Crippen LogP contribution in [0.25, 0.3) is 11.0 Å². The van der Waals surface area contributed by atoms with Gasteiger partial charge in [-0.15, -0.1) is 0 Å². The van der Waals surface area contributed by atoms with Crippen molar-refractivity contribution < 1.29 is 9.90 Å². The quantitative estimate of drug-likeness (QED) is 0.441. The van der Waals surface area contributed by atoms with Gasteiger partial charge in [0.15, 0.2) is 0 Å². The van der Waals surface area contributed by atoms with Crippen molar-refractivity contribution in [3.8, 4) is 0 Å². The summed E-state index contributed by atoms with van der Waals surface area (Å²) in [5, 5.41) is 13.9. The van der Waals surface area contributed by atoms with Gasteiger partial charge in [0.2, 0.25) is 0 Å². The Morgan fingerprint density at radius 2 is 2.12 bits per heavy atom. The van der Waals surface area contributed by atoms with Gasteiger partial charge in [-0.1, -0.05) is 23.2 Å². The van der Waals surface area contributed by atoms with Crippen molar-refractivity contribution in [3.05, 3.63) is 69.3 Å². The molecule has 5 rings (SSSR count). The molecule has 3 heterocycles. The Kier molecular flexibility index (Phi) is 5.87. The second-order valence-electron chi connectivity index (χ2n) is 8.53. The van der Waals surface area contributed by atoms with E-state index in [2.05, 4.69) is 20.3 Å². The summed E-state index contributed by atoms with van der Waals surface area (Å²) in [5.41, 5.74) is 4.37. The molecule has 176 valence electrons. The number of imidazole rings is 1. The number of H-pyrrole nitrogens is 1. The van der Waals surface area contributed by atoms with Crippen LogP contribution in [0.2, 0.25) is 10.0 Å². The maximum absolute atomic E-state index is 13.2. The van der Waals surface area contributed by atoms with Crippen molar-refractivity contribution in [3.63, 3.8) is 0 Å². The van der Waals surface area contributed by atoms with Crippen LogP contribution >= 0.6 is 23.2 Å². The van der Waals surface area contributed by atoms with E-state index in [9.17, 15) is 9.90 Å². The summed E-state index contributed by atoms with van der Waals surface area (Å²) in [6, 6.07) is 8.95. The molecule has 2 aromatic carbocycles. The molecule has 0 radical (unpaired) electrons. The van der Waals surface area contributed by atoms with E-state index in [0.717, 1.165) is 40.8 Å². The highest BCUT2D eigenvalue weighted by Gasteiger charge is 2.29. The molecule has 1 unspecified atom stereocenters. The number of amidine groups is 1. The van der Waals surface area contributed by atoms with Crippen LogP contribution in [0.5, 0.6) is 0 Å². The van der Waals surface area contributed by atoms with Crippen molar-refractivity contribution in [2.45, 2.75) is 25.8 Å². The summed E-state index contributed by atoms with van der Waals surface area (Å²) < 4.78 is 0. The number of aromatic amines is 1. The van der Waals surface area contributed by atoms with Crippen molar-refractivity contribution >= 4 is 51.7 Å². The highest BCUT2D eigenvalue weighted by atomic mass is 35.5. The van der Waals surface area contributed by atoms with Gasteiger partial charge in [-0.25, -0.2) is 9.98 Å². The van der Waals surface area contributed by atoms with E-state index in [1.54, 1.807) is 17.0 Å². The summed E-state index contributed by atoms with van der Waals surface area (Å²) in [6.45, 7) is 2.98. The number of aliphatic imine (C=N–C) groups is 1. The number of likely N-dealkylation sites (tertiary alicyclic amines) is 1. The maximum atomic E-state index is 13.2. The molecule has 1 amide bonds. The molecular formula is C24H24Cl2N6O2. The largest absolute Gasteiger partial charge is 0.514 e. The number of aromatic nitrogens is 2. The third-order valence-electron chi connectivity index (χ3n) is 6.20. The minimum absolute atomic E-state index is 0.164. The second kappa shape index (κ2) is 8.85. The van der Waals surface area contributed by atoms with Crippen LogP contribution in [0.1, 0.15) is 47.6 Å².